The molecule has 1 aromatic carbocycles. The first-order valence-electron chi connectivity index (χ1n) is 11.0. The van der Waals surface area contributed by atoms with Crippen LogP contribution in [0.2, 0.25) is 0 Å². The molecule has 0 aliphatic carbocycles. The molecule has 31 heavy (non-hydrogen) atoms. The third-order valence-corrected chi connectivity index (χ3v) is 7.42. The summed E-state index contributed by atoms with van der Waals surface area (Å²) in [5.74, 6) is 0.870. The van der Waals surface area contributed by atoms with Gasteiger partial charge in [0, 0.05) is 47.8 Å². The summed E-state index contributed by atoms with van der Waals surface area (Å²) in [6.07, 6.45) is 5.46. The number of nitrogens with zero attached hydrogens (tertiary/aromatic N) is 4. The van der Waals surface area contributed by atoms with Crippen molar-refractivity contribution in [2.45, 2.75) is 32.7 Å². The second-order valence-corrected chi connectivity index (χ2v) is 9.09. The Balaban J connectivity index is 1.41. The largest absolute Gasteiger partial charge is 0.492 e. The molecule has 1 amide bonds. The van der Waals surface area contributed by atoms with E-state index in [2.05, 4.69) is 35.0 Å². The molecule has 162 valence electrons. The van der Waals surface area contributed by atoms with Gasteiger partial charge >= 0.3 is 0 Å². The Hall–Kier alpha value is -2.71. The van der Waals surface area contributed by atoms with E-state index in [1.54, 1.807) is 6.20 Å². The summed E-state index contributed by atoms with van der Waals surface area (Å²) in [6.45, 7) is 8.58. The van der Waals surface area contributed by atoms with Crippen LogP contribution < -0.4 is 4.74 Å². The van der Waals surface area contributed by atoms with Crippen molar-refractivity contribution < 1.29 is 9.53 Å². The number of rotatable bonds is 5. The number of aromatic amines is 1. The minimum absolute atomic E-state index is 0.0604. The zero-order valence-corrected chi connectivity index (χ0v) is 18.7. The van der Waals surface area contributed by atoms with E-state index >= 15 is 0 Å². The number of fused-ring (bicyclic) bond motifs is 3. The van der Waals surface area contributed by atoms with Crippen molar-refractivity contribution in [3.8, 4) is 28.1 Å². The number of hydrogen-bond donors (Lipinski definition) is 1. The van der Waals surface area contributed by atoms with Crippen LogP contribution in [0.3, 0.4) is 0 Å². The Bertz CT molecular complexity index is 1070. The molecule has 1 N–H and O–H groups in total. The SMILES string of the molecule is CCN(CC)[C@@H]1CCN(C(=O)c2nc3c(s2)CCOc2cc(-c4cn[nH]c4)ccc2-3)C1. The van der Waals surface area contributed by atoms with Crippen molar-refractivity contribution in [2.75, 3.05) is 32.8 Å². The molecule has 3 aromatic rings. The van der Waals surface area contributed by atoms with Crippen LogP contribution in [0.25, 0.3) is 22.4 Å². The van der Waals surface area contributed by atoms with Crippen LogP contribution in [0.1, 0.15) is 34.9 Å². The molecule has 1 fully saturated rings. The van der Waals surface area contributed by atoms with Gasteiger partial charge in [-0.3, -0.25) is 14.8 Å². The first-order valence-corrected chi connectivity index (χ1v) is 11.8. The molecule has 0 spiro atoms. The Kier molecular flexibility index (Phi) is 5.50. The average Bonchev–Trinajstić information content (AvgIpc) is 3.54. The van der Waals surface area contributed by atoms with Gasteiger partial charge in [-0.2, -0.15) is 5.10 Å². The molecule has 8 heteroatoms. The molecule has 1 atom stereocenters. The van der Waals surface area contributed by atoms with Gasteiger partial charge in [-0.15, -0.1) is 11.3 Å². The summed E-state index contributed by atoms with van der Waals surface area (Å²) >= 11 is 1.52. The number of thiazole rings is 1. The molecule has 2 aliphatic rings. The molecule has 5 rings (SSSR count). The highest BCUT2D eigenvalue weighted by molar-refractivity contribution is 7.14. The maximum atomic E-state index is 13.2. The lowest BCUT2D eigenvalue weighted by atomic mass is 10.0. The maximum Gasteiger partial charge on any atom is 0.282 e. The Morgan fingerprint density at radius 1 is 1.32 bits per heavy atom. The Morgan fingerprint density at radius 2 is 2.19 bits per heavy atom. The number of aromatic nitrogens is 3. The monoisotopic (exact) mass is 437 g/mol. The third-order valence-electron chi connectivity index (χ3n) is 6.31. The van der Waals surface area contributed by atoms with Crippen LogP contribution in [-0.2, 0) is 6.42 Å². The van der Waals surface area contributed by atoms with Crippen LogP contribution in [-0.4, -0.2) is 69.7 Å². The van der Waals surface area contributed by atoms with Crippen LogP contribution in [0.5, 0.6) is 5.75 Å². The van der Waals surface area contributed by atoms with Crippen molar-refractivity contribution in [1.29, 1.82) is 0 Å². The number of likely N-dealkylation sites (tertiary alicyclic amines) is 1. The highest BCUT2D eigenvalue weighted by Crippen LogP contribution is 2.40. The fraction of sp³-hybridized carbons (Fsp3) is 0.435. The number of benzene rings is 1. The quantitative estimate of drug-likeness (QED) is 0.659. The number of carbonyl (C=O) groups is 1. The van der Waals surface area contributed by atoms with Crippen LogP contribution in [0, 0.1) is 0 Å². The molecule has 0 unspecified atom stereocenters. The molecular weight excluding hydrogens is 410 g/mol. The van der Waals surface area contributed by atoms with Crippen molar-refractivity contribution in [1.82, 2.24) is 25.0 Å². The topological polar surface area (TPSA) is 74.3 Å². The number of likely N-dealkylation sites (N-methyl/N-ethyl adjacent to an activating group) is 1. The van der Waals surface area contributed by atoms with E-state index in [1.807, 2.05) is 23.2 Å². The number of ether oxygens (including phenoxy) is 1. The first kappa shape index (κ1) is 20.2. The molecular formula is C23H27N5O2S. The van der Waals surface area contributed by atoms with Gasteiger partial charge in [0.1, 0.15) is 5.75 Å². The standard InChI is InChI=1S/C23H27N5O2S/c1-3-27(4-2)17-7-9-28(14-17)23(29)22-26-21-18-6-5-15(16-12-24-25-13-16)11-19(18)30-10-8-20(21)31-22/h5-6,11-13,17H,3-4,7-10,14H2,1-2H3,(H,24,25)/t17-/m1/s1. The summed E-state index contributed by atoms with van der Waals surface area (Å²) in [5, 5.41) is 7.47. The number of nitrogens with one attached hydrogen (secondary N) is 1. The van der Waals surface area contributed by atoms with E-state index < -0.39 is 0 Å². The van der Waals surface area contributed by atoms with Gasteiger partial charge in [-0.05, 0) is 37.2 Å². The van der Waals surface area contributed by atoms with Gasteiger partial charge < -0.3 is 9.64 Å². The normalized spacial score (nSPS) is 17.9. The predicted octanol–water partition coefficient (Wildman–Crippen LogP) is 3.69. The lowest BCUT2D eigenvalue weighted by Crippen LogP contribution is -2.38. The molecule has 0 bridgehead atoms. The summed E-state index contributed by atoms with van der Waals surface area (Å²) in [6, 6.07) is 6.58. The highest BCUT2D eigenvalue weighted by atomic mass is 32.1. The van der Waals surface area contributed by atoms with Gasteiger partial charge in [-0.25, -0.2) is 4.98 Å². The lowest BCUT2D eigenvalue weighted by molar-refractivity contribution is 0.0777. The van der Waals surface area contributed by atoms with Crippen molar-refractivity contribution in [2.24, 2.45) is 0 Å². The lowest BCUT2D eigenvalue weighted by Gasteiger charge is -2.25. The molecule has 4 heterocycles. The van der Waals surface area contributed by atoms with Gasteiger partial charge in [0.15, 0.2) is 5.01 Å². The van der Waals surface area contributed by atoms with Crippen molar-refractivity contribution >= 4 is 17.2 Å². The van der Waals surface area contributed by atoms with Gasteiger partial charge in [0.05, 0.1) is 18.5 Å². The van der Waals surface area contributed by atoms with Crippen LogP contribution in [0.15, 0.2) is 30.6 Å². The Labute approximate surface area is 186 Å². The van der Waals surface area contributed by atoms with Crippen LogP contribution in [0.4, 0.5) is 0 Å². The zero-order valence-electron chi connectivity index (χ0n) is 17.9. The molecule has 2 aromatic heterocycles. The van der Waals surface area contributed by atoms with E-state index in [9.17, 15) is 4.79 Å². The van der Waals surface area contributed by atoms with E-state index in [-0.39, 0.29) is 5.91 Å². The highest BCUT2D eigenvalue weighted by Gasteiger charge is 2.32. The summed E-state index contributed by atoms with van der Waals surface area (Å²) in [7, 11) is 0. The molecule has 1 saturated heterocycles. The molecule has 2 aliphatic heterocycles. The molecule has 0 radical (unpaired) electrons. The van der Waals surface area contributed by atoms with E-state index in [1.165, 1.54) is 11.3 Å². The Morgan fingerprint density at radius 3 is 2.97 bits per heavy atom. The van der Waals surface area contributed by atoms with E-state index in [4.69, 9.17) is 9.72 Å². The smallest absolute Gasteiger partial charge is 0.282 e. The van der Waals surface area contributed by atoms with Gasteiger partial charge in [0.2, 0.25) is 0 Å². The minimum atomic E-state index is 0.0604. The molecule has 0 saturated carbocycles. The summed E-state index contributed by atoms with van der Waals surface area (Å²) in [4.78, 5) is 23.6. The maximum absolute atomic E-state index is 13.2. The number of amides is 1. The summed E-state index contributed by atoms with van der Waals surface area (Å²) < 4.78 is 6.03. The predicted molar refractivity (Wildman–Crippen MR) is 122 cm³/mol. The van der Waals surface area contributed by atoms with E-state index in [0.29, 0.717) is 17.7 Å². The first-order chi connectivity index (χ1) is 15.2. The van der Waals surface area contributed by atoms with Crippen molar-refractivity contribution in [3.05, 3.63) is 40.5 Å². The second-order valence-electron chi connectivity index (χ2n) is 8.00. The minimum Gasteiger partial charge on any atom is -0.492 e. The third kappa shape index (κ3) is 3.74. The number of carbonyl (C=O) groups excluding carboxylic acids is 1. The van der Waals surface area contributed by atoms with Crippen LogP contribution >= 0.6 is 11.3 Å². The average molecular weight is 438 g/mol. The second kappa shape index (κ2) is 8.43. The number of H-pyrrole nitrogens is 1. The van der Waals surface area contributed by atoms with Crippen molar-refractivity contribution in [3.63, 3.8) is 0 Å². The van der Waals surface area contributed by atoms with E-state index in [0.717, 1.165) is 72.0 Å². The fourth-order valence-electron chi connectivity index (χ4n) is 4.60. The fourth-order valence-corrected chi connectivity index (χ4v) is 5.63. The van der Waals surface area contributed by atoms with Gasteiger partial charge in [0.25, 0.3) is 5.91 Å². The zero-order chi connectivity index (χ0) is 21.4. The summed E-state index contributed by atoms with van der Waals surface area (Å²) in [5.41, 5.74) is 3.90. The number of hydrogen-bond acceptors (Lipinski definition) is 6. The molecule has 7 nitrogen and oxygen atoms in total. The van der Waals surface area contributed by atoms with Gasteiger partial charge in [-0.1, -0.05) is 19.9 Å².